The molecule has 0 spiro atoms. The summed E-state index contributed by atoms with van der Waals surface area (Å²) in [5, 5.41) is 2.83. The number of rotatable bonds is 5. The summed E-state index contributed by atoms with van der Waals surface area (Å²) in [4.78, 5) is 12.0. The molecule has 0 aromatic heterocycles. The van der Waals surface area contributed by atoms with Crippen molar-refractivity contribution in [1.29, 1.82) is 0 Å². The molecule has 1 saturated carbocycles. The standard InChI is InChI=1S/C13H17FN2O/c14-11-5-2-1-4-10(11)13(6-7-13)12(17)16-9-3-8-15/h1-2,4-5H,3,6-9,15H2,(H,16,17). The van der Waals surface area contributed by atoms with Crippen LogP contribution in [0.15, 0.2) is 24.3 Å². The number of benzene rings is 1. The fourth-order valence-electron chi connectivity index (χ4n) is 2.07. The Bertz CT molecular complexity index is 416. The van der Waals surface area contributed by atoms with Crippen LogP contribution in [0, 0.1) is 5.82 Å². The van der Waals surface area contributed by atoms with Gasteiger partial charge in [0, 0.05) is 12.1 Å². The van der Waals surface area contributed by atoms with Gasteiger partial charge in [-0.15, -0.1) is 0 Å². The van der Waals surface area contributed by atoms with Gasteiger partial charge in [0.15, 0.2) is 0 Å². The minimum Gasteiger partial charge on any atom is -0.355 e. The van der Waals surface area contributed by atoms with Crippen molar-refractivity contribution >= 4 is 5.91 Å². The summed E-state index contributed by atoms with van der Waals surface area (Å²) in [5.74, 6) is -0.366. The van der Waals surface area contributed by atoms with Crippen molar-refractivity contribution in [2.24, 2.45) is 5.73 Å². The minimum absolute atomic E-state index is 0.0731. The van der Waals surface area contributed by atoms with Gasteiger partial charge in [0.2, 0.25) is 5.91 Å². The van der Waals surface area contributed by atoms with Crippen LogP contribution in [-0.4, -0.2) is 19.0 Å². The van der Waals surface area contributed by atoms with Crippen molar-refractivity contribution in [3.63, 3.8) is 0 Å². The lowest BCUT2D eigenvalue weighted by Gasteiger charge is -2.16. The number of hydrogen-bond acceptors (Lipinski definition) is 2. The predicted octanol–water partition coefficient (Wildman–Crippen LogP) is 1.32. The van der Waals surface area contributed by atoms with Crippen LogP contribution in [0.25, 0.3) is 0 Å². The molecular weight excluding hydrogens is 219 g/mol. The first-order valence-electron chi connectivity index (χ1n) is 5.94. The minimum atomic E-state index is -0.625. The number of nitrogens with one attached hydrogen (secondary N) is 1. The lowest BCUT2D eigenvalue weighted by atomic mass is 9.94. The first kappa shape index (κ1) is 12.0. The Balaban J connectivity index is 2.09. The molecule has 3 nitrogen and oxygen atoms in total. The summed E-state index contributed by atoms with van der Waals surface area (Å²) in [6.45, 7) is 1.11. The maximum absolute atomic E-state index is 13.7. The van der Waals surface area contributed by atoms with E-state index in [4.69, 9.17) is 5.73 Å². The third-order valence-electron chi connectivity index (χ3n) is 3.24. The quantitative estimate of drug-likeness (QED) is 0.758. The highest BCUT2D eigenvalue weighted by Crippen LogP contribution is 2.49. The van der Waals surface area contributed by atoms with Gasteiger partial charge in [0.1, 0.15) is 5.82 Å². The molecule has 1 aromatic carbocycles. The fourth-order valence-corrected chi connectivity index (χ4v) is 2.07. The number of carbonyl (C=O) groups is 1. The Labute approximate surface area is 100 Å². The van der Waals surface area contributed by atoms with E-state index >= 15 is 0 Å². The third kappa shape index (κ3) is 2.31. The van der Waals surface area contributed by atoms with Crippen molar-refractivity contribution in [3.8, 4) is 0 Å². The van der Waals surface area contributed by atoms with Crippen molar-refractivity contribution in [2.45, 2.75) is 24.7 Å². The van der Waals surface area contributed by atoms with Gasteiger partial charge >= 0.3 is 0 Å². The van der Waals surface area contributed by atoms with Crippen molar-refractivity contribution in [2.75, 3.05) is 13.1 Å². The lowest BCUT2D eigenvalue weighted by Crippen LogP contribution is -2.36. The van der Waals surface area contributed by atoms with E-state index in [1.54, 1.807) is 18.2 Å². The summed E-state index contributed by atoms with van der Waals surface area (Å²) in [7, 11) is 0. The van der Waals surface area contributed by atoms with Gasteiger partial charge in [-0.3, -0.25) is 4.79 Å². The van der Waals surface area contributed by atoms with Gasteiger partial charge in [-0.2, -0.15) is 0 Å². The van der Waals surface area contributed by atoms with Crippen LogP contribution in [0.5, 0.6) is 0 Å². The van der Waals surface area contributed by atoms with Crippen molar-refractivity contribution in [1.82, 2.24) is 5.32 Å². The average molecular weight is 236 g/mol. The molecule has 0 saturated heterocycles. The smallest absolute Gasteiger partial charge is 0.230 e. The van der Waals surface area contributed by atoms with Crippen LogP contribution in [-0.2, 0) is 10.2 Å². The monoisotopic (exact) mass is 236 g/mol. The van der Waals surface area contributed by atoms with Crippen LogP contribution in [0.1, 0.15) is 24.8 Å². The number of amides is 1. The summed E-state index contributed by atoms with van der Waals surface area (Å²) in [6, 6.07) is 6.51. The van der Waals surface area contributed by atoms with Gasteiger partial charge in [0.25, 0.3) is 0 Å². The maximum Gasteiger partial charge on any atom is 0.230 e. The van der Waals surface area contributed by atoms with E-state index in [9.17, 15) is 9.18 Å². The molecule has 0 bridgehead atoms. The Hall–Kier alpha value is -1.42. The zero-order valence-electron chi connectivity index (χ0n) is 9.71. The first-order valence-corrected chi connectivity index (χ1v) is 5.94. The van der Waals surface area contributed by atoms with Crippen LogP contribution >= 0.6 is 0 Å². The zero-order valence-corrected chi connectivity index (χ0v) is 9.71. The van der Waals surface area contributed by atoms with Crippen LogP contribution in [0.2, 0.25) is 0 Å². The van der Waals surface area contributed by atoms with E-state index in [0.29, 0.717) is 18.7 Å². The van der Waals surface area contributed by atoms with Gasteiger partial charge < -0.3 is 11.1 Å². The topological polar surface area (TPSA) is 55.1 Å². The molecule has 4 heteroatoms. The maximum atomic E-state index is 13.7. The van der Waals surface area contributed by atoms with Crippen LogP contribution in [0.3, 0.4) is 0 Å². The molecule has 0 aliphatic heterocycles. The number of nitrogens with two attached hydrogens (primary N) is 1. The molecule has 17 heavy (non-hydrogen) atoms. The fraction of sp³-hybridized carbons (Fsp3) is 0.462. The molecule has 0 unspecified atom stereocenters. The molecule has 2 rings (SSSR count). The van der Waals surface area contributed by atoms with Crippen LogP contribution in [0.4, 0.5) is 4.39 Å². The second-order valence-electron chi connectivity index (χ2n) is 4.46. The summed E-state index contributed by atoms with van der Waals surface area (Å²) in [6.07, 6.45) is 2.20. The van der Waals surface area contributed by atoms with Crippen molar-refractivity contribution < 1.29 is 9.18 Å². The van der Waals surface area contributed by atoms with E-state index in [0.717, 1.165) is 19.3 Å². The molecule has 0 atom stereocenters. The summed E-state index contributed by atoms with van der Waals surface area (Å²) in [5.41, 5.74) is 5.26. The molecule has 1 aromatic rings. The first-order chi connectivity index (χ1) is 8.20. The van der Waals surface area contributed by atoms with Gasteiger partial charge in [-0.05, 0) is 31.9 Å². The largest absolute Gasteiger partial charge is 0.355 e. The molecule has 1 fully saturated rings. The number of carbonyl (C=O) groups excluding carboxylic acids is 1. The molecule has 1 aliphatic rings. The Morgan fingerprint density at radius 1 is 1.41 bits per heavy atom. The lowest BCUT2D eigenvalue weighted by molar-refractivity contribution is -0.123. The predicted molar refractivity (Wildman–Crippen MR) is 64.0 cm³/mol. The second kappa shape index (κ2) is 4.84. The normalized spacial score (nSPS) is 16.6. The number of halogens is 1. The van der Waals surface area contributed by atoms with E-state index in [1.165, 1.54) is 6.07 Å². The van der Waals surface area contributed by atoms with E-state index in [-0.39, 0.29) is 11.7 Å². The zero-order chi connectivity index (χ0) is 12.3. The molecule has 0 radical (unpaired) electrons. The number of hydrogen-bond donors (Lipinski definition) is 2. The molecule has 0 heterocycles. The Morgan fingerprint density at radius 2 is 2.12 bits per heavy atom. The van der Waals surface area contributed by atoms with E-state index in [2.05, 4.69) is 5.32 Å². The molecular formula is C13H17FN2O. The van der Waals surface area contributed by atoms with Gasteiger partial charge in [-0.1, -0.05) is 18.2 Å². The molecule has 92 valence electrons. The highest BCUT2D eigenvalue weighted by Gasteiger charge is 2.52. The summed E-state index contributed by atoms with van der Waals surface area (Å²) < 4.78 is 13.7. The SMILES string of the molecule is NCCCNC(=O)C1(c2ccccc2F)CC1. The average Bonchev–Trinajstić information content (AvgIpc) is 3.11. The summed E-state index contributed by atoms with van der Waals surface area (Å²) >= 11 is 0. The Kier molecular flexibility index (Phi) is 3.43. The third-order valence-corrected chi connectivity index (χ3v) is 3.24. The van der Waals surface area contributed by atoms with Gasteiger partial charge in [-0.25, -0.2) is 4.39 Å². The molecule has 1 aliphatic carbocycles. The Morgan fingerprint density at radius 3 is 2.71 bits per heavy atom. The van der Waals surface area contributed by atoms with Gasteiger partial charge in [0.05, 0.1) is 5.41 Å². The van der Waals surface area contributed by atoms with E-state index in [1.807, 2.05) is 0 Å². The highest BCUT2D eigenvalue weighted by molar-refractivity contribution is 5.91. The molecule has 1 amide bonds. The second-order valence-corrected chi connectivity index (χ2v) is 4.46. The highest BCUT2D eigenvalue weighted by atomic mass is 19.1. The molecule has 3 N–H and O–H groups in total. The van der Waals surface area contributed by atoms with Crippen LogP contribution < -0.4 is 11.1 Å². The van der Waals surface area contributed by atoms with Crippen molar-refractivity contribution in [3.05, 3.63) is 35.6 Å². The van der Waals surface area contributed by atoms with E-state index < -0.39 is 5.41 Å².